The van der Waals surface area contributed by atoms with Crippen LogP contribution in [-0.4, -0.2) is 81.6 Å². The van der Waals surface area contributed by atoms with Crippen molar-refractivity contribution in [3.63, 3.8) is 0 Å². The SMILES string of the molecule is CC(C)(C)OC(=O)N(CCOCCNC(c1ccccc1)(c1ccccc1)c1ccccc1)CCOCCOCCS. The number of hydrogen-bond donors (Lipinski definition) is 2. The molecule has 1 N–H and O–H groups in total. The first-order chi connectivity index (χ1) is 20.4. The second-order valence-corrected chi connectivity index (χ2v) is 11.3. The lowest BCUT2D eigenvalue weighted by Crippen LogP contribution is -2.46. The van der Waals surface area contributed by atoms with Gasteiger partial charge in [0.15, 0.2) is 0 Å². The standard InChI is InChI=1S/C34H46N2O5S/c1-33(2,3)41-32(37)36(21-24-39-25-26-40-27-28-42)20-23-38-22-19-35-34(29-13-7-4-8-14-29,30-15-9-5-10-16-30)31-17-11-6-12-18-31/h4-18,35,42H,19-28H2,1-3H3. The smallest absolute Gasteiger partial charge is 0.410 e. The van der Waals surface area contributed by atoms with Crippen molar-refractivity contribution in [2.45, 2.75) is 31.9 Å². The second-order valence-electron chi connectivity index (χ2n) is 10.8. The summed E-state index contributed by atoms with van der Waals surface area (Å²) in [5.74, 6) is 0.674. The average Bonchev–Trinajstić information content (AvgIpc) is 3.00. The molecule has 0 atom stereocenters. The molecular weight excluding hydrogens is 548 g/mol. The average molecular weight is 595 g/mol. The molecule has 3 aromatic carbocycles. The van der Waals surface area contributed by atoms with Crippen LogP contribution in [0.2, 0.25) is 0 Å². The molecule has 0 radical (unpaired) electrons. The zero-order chi connectivity index (χ0) is 30.1. The van der Waals surface area contributed by atoms with Crippen LogP contribution in [0.1, 0.15) is 37.5 Å². The molecule has 3 aromatic rings. The zero-order valence-corrected chi connectivity index (χ0v) is 26.1. The Morgan fingerprint density at radius 1 is 0.667 bits per heavy atom. The number of ether oxygens (including phenoxy) is 4. The van der Waals surface area contributed by atoms with Crippen molar-refractivity contribution < 1.29 is 23.7 Å². The Morgan fingerprint density at radius 2 is 1.10 bits per heavy atom. The van der Waals surface area contributed by atoms with Crippen LogP contribution in [0.25, 0.3) is 0 Å². The van der Waals surface area contributed by atoms with Gasteiger partial charge in [-0.1, -0.05) is 91.0 Å². The molecule has 0 heterocycles. The van der Waals surface area contributed by atoms with Crippen LogP contribution in [-0.2, 0) is 24.5 Å². The predicted octanol–water partition coefficient (Wildman–Crippen LogP) is 5.78. The van der Waals surface area contributed by atoms with E-state index in [1.165, 1.54) is 0 Å². The second kappa shape index (κ2) is 17.9. The summed E-state index contributed by atoms with van der Waals surface area (Å²) >= 11 is 4.13. The number of carbonyl (C=O) groups is 1. The summed E-state index contributed by atoms with van der Waals surface area (Å²) in [6.07, 6.45) is -0.379. The van der Waals surface area contributed by atoms with E-state index < -0.39 is 11.1 Å². The van der Waals surface area contributed by atoms with E-state index in [1.807, 2.05) is 39.0 Å². The normalized spacial score (nSPS) is 11.8. The number of benzene rings is 3. The van der Waals surface area contributed by atoms with E-state index in [0.717, 1.165) is 16.7 Å². The maximum Gasteiger partial charge on any atom is 0.410 e. The van der Waals surface area contributed by atoms with E-state index in [-0.39, 0.29) is 6.09 Å². The first-order valence-corrected chi connectivity index (χ1v) is 15.2. The number of rotatable bonds is 18. The number of carbonyl (C=O) groups excluding carboxylic acids is 1. The summed E-state index contributed by atoms with van der Waals surface area (Å²) in [5.41, 5.74) is 2.31. The largest absolute Gasteiger partial charge is 0.444 e. The van der Waals surface area contributed by atoms with E-state index in [9.17, 15) is 4.79 Å². The molecule has 0 saturated heterocycles. The maximum absolute atomic E-state index is 12.8. The Balaban J connectivity index is 1.61. The van der Waals surface area contributed by atoms with E-state index in [2.05, 4.69) is 90.7 Å². The van der Waals surface area contributed by atoms with Crippen molar-refractivity contribution in [3.8, 4) is 0 Å². The zero-order valence-electron chi connectivity index (χ0n) is 25.2. The minimum absolute atomic E-state index is 0.376. The quantitative estimate of drug-likeness (QED) is 0.111. The fourth-order valence-electron chi connectivity index (χ4n) is 4.64. The Labute approximate surface area is 256 Å². The molecule has 1 amide bonds. The molecule has 0 aliphatic carbocycles. The van der Waals surface area contributed by atoms with Crippen LogP contribution in [0.5, 0.6) is 0 Å². The van der Waals surface area contributed by atoms with Gasteiger partial charge in [-0.05, 0) is 37.5 Å². The minimum atomic E-state index is -0.586. The van der Waals surface area contributed by atoms with Gasteiger partial charge in [0.25, 0.3) is 0 Å². The van der Waals surface area contributed by atoms with Crippen molar-refractivity contribution in [2.24, 2.45) is 0 Å². The number of thiol groups is 1. The summed E-state index contributed by atoms with van der Waals surface area (Å²) < 4.78 is 22.7. The summed E-state index contributed by atoms with van der Waals surface area (Å²) in [4.78, 5) is 14.5. The van der Waals surface area contributed by atoms with E-state index in [4.69, 9.17) is 18.9 Å². The van der Waals surface area contributed by atoms with Gasteiger partial charge in [0.05, 0.1) is 45.2 Å². The number of hydrogen-bond acceptors (Lipinski definition) is 7. The first-order valence-electron chi connectivity index (χ1n) is 14.6. The molecule has 0 aromatic heterocycles. The molecule has 8 heteroatoms. The highest BCUT2D eigenvalue weighted by molar-refractivity contribution is 7.80. The van der Waals surface area contributed by atoms with Gasteiger partial charge in [-0.3, -0.25) is 5.32 Å². The summed E-state index contributed by atoms with van der Waals surface area (Å²) in [7, 11) is 0. The molecule has 0 spiro atoms. The third-order valence-electron chi connectivity index (χ3n) is 6.53. The van der Waals surface area contributed by atoms with Crippen molar-refractivity contribution in [3.05, 3.63) is 108 Å². The Hall–Kier alpha value is -2.88. The van der Waals surface area contributed by atoms with Crippen molar-refractivity contribution in [1.82, 2.24) is 10.2 Å². The van der Waals surface area contributed by atoms with Gasteiger partial charge in [-0.2, -0.15) is 12.6 Å². The number of nitrogens with one attached hydrogen (secondary N) is 1. The minimum Gasteiger partial charge on any atom is -0.444 e. The Bertz CT molecular complexity index is 1050. The number of nitrogens with zero attached hydrogens (tertiary/aromatic N) is 1. The summed E-state index contributed by atoms with van der Waals surface area (Å²) in [6.45, 7) is 9.76. The van der Waals surface area contributed by atoms with E-state index in [1.54, 1.807) is 4.90 Å². The summed E-state index contributed by atoms with van der Waals surface area (Å²) in [5, 5.41) is 3.82. The molecule has 228 valence electrons. The number of amides is 1. The van der Waals surface area contributed by atoms with Crippen LogP contribution in [0.3, 0.4) is 0 Å². The van der Waals surface area contributed by atoms with Crippen molar-refractivity contribution in [2.75, 3.05) is 65.0 Å². The van der Waals surface area contributed by atoms with Gasteiger partial charge in [-0.25, -0.2) is 4.79 Å². The highest BCUT2D eigenvalue weighted by atomic mass is 32.1. The highest BCUT2D eigenvalue weighted by Crippen LogP contribution is 2.36. The molecular formula is C34H46N2O5S. The lowest BCUT2D eigenvalue weighted by molar-refractivity contribution is 0.00483. The van der Waals surface area contributed by atoms with Gasteiger partial charge < -0.3 is 23.8 Å². The van der Waals surface area contributed by atoms with Crippen LogP contribution in [0.15, 0.2) is 91.0 Å². The van der Waals surface area contributed by atoms with Gasteiger partial charge in [0.1, 0.15) is 5.60 Å². The molecule has 0 saturated carbocycles. The van der Waals surface area contributed by atoms with Crippen molar-refractivity contribution >= 4 is 18.7 Å². The summed E-state index contributed by atoms with van der Waals surface area (Å²) in [6, 6.07) is 31.4. The molecule has 3 rings (SSSR count). The molecule has 42 heavy (non-hydrogen) atoms. The first kappa shape index (κ1) is 33.6. The third kappa shape index (κ3) is 10.7. The maximum atomic E-state index is 12.8. The molecule has 7 nitrogen and oxygen atoms in total. The Kier molecular flexibility index (Phi) is 14.4. The van der Waals surface area contributed by atoms with Gasteiger partial charge in [-0.15, -0.1) is 0 Å². The molecule has 0 aliphatic heterocycles. The monoisotopic (exact) mass is 594 g/mol. The Morgan fingerprint density at radius 3 is 1.52 bits per heavy atom. The van der Waals surface area contributed by atoms with Crippen LogP contribution >= 0.6 is 12.6 Å². The topological polar surface area (TPSA) is 69.3 Å². The van der Waals surface area contributed by atoms with Gasteiger partial charge in [0, 0.05) is 25.4 Å². The van der Waals surface area contributed by atoms with Gasteiger partial charge >= 0.3 is 6.09 Å². The van der Waals surface area contributed by atoms with Gasteiger partial charge in [0.2, 0.25) is 0 Å². The van der Waals surface area contributed by atoms with E-state index in [0.29, 0.717) is 65.0 Å². The third-order valence-corrected chi connectivity index (χ3v) is 6.71. The molecule has 0 aliphatic rings. The van der Waals surface area contributed by atoms with Crippen molar-refractivity contribution in [1.29, 1.82) is 0 Å². The predicted molar refractivity (Wildman–Crippen MR) is 171 cm³/mol. The molecule has 0 fully saturated rings. The lowest BCUT2D eigenvalue weighted by Gasteiger charge is -2.37. The highest BCUT2D eigenvalue weighted by Gasteiger charge is 2.35. The molecule has 0 bridgehead atoms. The lowest BCUT2D eigenvalue weighted by atomic mass is 9.77. The fourth-order valence-corrected chi connectivity index (χ4v) is 4.77. The van der Waals surface area contributed by atoms with Crippen LogP contribution < -0.4 is 5.32 Å². The van der Waals surface area contributed by atoms with Crippen LogP contribution in [0, 0.1) is 0 Å². The van der Waals surface area contributed by atoms with Crippen LogP contribution in [0.4, 0.5) is 4.79 Å². The van der Waals surface area contributed by atoms with E-state index >= 15 is 0 Å². The molecule has 0 unspecified atom stereocenters. The fraction of sp³-hybridized carbons (Fsp3) is 0.441.